The van der Waals surface area contributed by atoms with Gasteiger partial charge in [-0.3, -0.25) is 0 Å². The van der Waals surface area contributed by atoms with Crippen LogP contribution in [0.3, 0.4) is 0 Å². The van der Waals surface area contributed by atoms with Gasteiger partial charge in [0.1, 0.15) is 17.2 Å². The topological polar surface area (TPSA) is 55.0 Å². The lowest BCUT2D eigenvalue weighted by Gasteiger charge is -2.28. The number of rotatable bonds is 4. The van der Waals surface area contributed by atoms with Crippen LogP contribution in [-0.4, -0.2) is 22.6 Å². The van der Waals surface area contributed by atoms with Gasteiger partial charge in [0.15, 0.2) is 5.82 Å². The second-order valence-electron chi connectivity index (χ2n) is 3.44. The van der Waals surface area contributed by atoms with E-state index in [1.54, 1.807) is 0 Å². The molecular formula is C10H17ClN4. The zero-order chi connectivity index (χ0) is 11.4. The van der Waals surface area contributed by atoms with Gasteiger partial charge < -0.3 is 10.6 Å². The van der Waals surface area contributed by atoms with Crippen LogP contribution in [0.15, 0.2) is 6.33 Å². The molecule has 84 valence electrons. The molecule has 0 saturated heterocycles. The minimum Gasteiger partial charge on any atom is -0.382 e. The Balaban J connectivity index is 3.07. The molecule has 2 N–H and O–H groups in total. The number of aromatic nitrogens is 2. The second-order valence-corrected chi connectivity index (χ2v) is 3.82. The monoisotopic (exact) mass is 228 g/mol. The maximum atomic E-state index is 6.08. The first-order valence-corrected chi connectivity index (χ1v) is 5.52. The molecule has 15 heavy (non-hydrogen) atoms. The number of nitrogen functional groups attached to an aromatic ring is 1. The van der Waals surface area contributed by atoms with Crippen LogP contribution in [0, 0.1) is 0 Å². The van der Waals surface area contributed by atoms with Crippen LogP contribution in [0.4, 0.5) is 11.6 Å². The van der Waals surface area contributed by atoms with E-state index < -0.39 is 0 Å². The fourth-order valence-electron chi connectivity index (χ4n) is 1.46. The Morgan fingerprint density at radius 3 is 2.67 bits per heavy atom. The predicted octanol–water partition coefficient (Wildman–Crippen LogP) is 2.34. The SMILES string of the molecule is CCC(C)N(CC)c1ncnc(N)c1Cl. The van der Waals surface area contributed by atoms with Crippen molar-refractivity contribution in [1.82, 2.24) is 9.97 Å². The summed E-state index contributed by atoms with van der Waals surface area (Å²) in [4.78, 5) is 10.2. The minimum absolute atomic E-state index is 0.336. The van der Waals surface area contributed by atoms with E-state index in [2.05, 4.69) is 35.6 Å². The summed E-state index contributed by atoms with van der Waals surface area (Å²) in [6.07, 6.45) is 2.48. The number of hydrogen-bond donors (Lipinski definition) is 1. The van der Waals surface area contributed by atoms with Crippen molar-refractivity contribution in [3.63, 3.8) is 0 Å². The molecule has 1 atom stereocenters. The van der Waals surface area contributed by atoms with Crippen molar-refractivity contribution in [2.24, 2.45) is 0 Å². The van der Waals surface area contributed by atoms with Gasteiger partial charge in [-0.25, -0.2) is 9.97 Å². The van der Waals surface area contributed by atoms with Gasteiger partial charge in [-0.15, -0.1) is 0 Å². The highest BCUT2D eigenvalue weighted by Gasteiger charge is 2.17. The van der Waals surface area contributed by atoms with E-state index in [-0.39, 0.29) is 0 Å². The molecule has 1 unspecified atom stereocenters. The van der Waals surface area contributed by atoms with Crippen molar-refractivity contribution >= 4 is 23.2 Å². The Labute approximate surface area is 95.5 Å². The molecule has 0 saturated carbocycles. The predicted molar refractivity (Wildman–Crippen MR) is 64.2 cm³/mol. The van der Waals surface area contributed by atoms with E-state index in [4.69, 9.17) is 17.3 Å². The van der Waals surface area contributed by atoms with Gasteiger partial charge >= 0.3 is 0 Å². The standard InChI is InChI=1S/C10H17ClN4/c1-4-7(3)15(5-2)10-8(11)9(12)13-6-14-10/h6-7H,4-5H2,1-3H3,(H2,12,13,14). The smallest absolute Gasteiger partial charge is 0.153 e. The van der Waals surface area contributed by atoms with Gasteiger partial charge in [-0.05, 0) is 20.3 Å². The zero-order valence-electron chi connectivity index (χ0n) is 9.37. The first kappa shape index (κ1) is 12.0. The third kappa shape index (κ3) is 2.50. The molecule has 5 heteroatoms. The van der Waals surface area contributed by atoms with Crippen molar-refractivity contribution < 1.29 is 0 Å². The summed E-state index contributed by atoms with van der Waals surface area (Å²) in [6.45, 7) is 7.19. The molecule has 0 amide bonds. The molecular weight excluding hydrogens is 212 g/mol. The number of hydrogen-bond acceptors (Lipinski definition) is 4. The van der Waals surface area contributed by atoms with Gasteiger partial charge in [-0.1, -0.05) is 18.5 Å². The molecule has 0 bridgehead atoms. The largest absolute Gasteiger partial charge is 0.382 e. The summed E-state index contributed by atoms with van der Waals surface area (Å²) in [5.74, 6) is 1.06. The molecule has 0 aliphatic heterocycles. The Kier molecular flexibility index (Phi) is 4.15. The second kappa shape index (κ2) is 5.16. The third-order valence-electron chi connectivity index (χ3n) is 2.53. The lowest BCUT2D eigenvalue weighted by atomic mass is 10.2. The van der Waals surface area contributed by atoms with Crippen LogP contribution in [-0.2, 0) is 0 Å². The molecule has 0 spiro atoms. The average Bonchev–Trinajstić information content (AvgIpc) is 2.24. The van der Waals surface area contributed by atoms with Crippen molar-refractivity contribution in [1.29, 1.82) is 0 Å². The Morgan fingerprint density at radius 1 is 1.47 bits per heavy atom. The first-order chi connectivity index (χ1) is 7.11. The van der Waals surface area contributed by atoms with Crippen LogP contribution in [0.25, 0.3) is 0 Å². The molecule has 4 nitrogen and oxygen atoms in total. The van der Waals surface area contributed by atoms with Gasteiger partial charge in [0, 0.05) is 12.6 Å². The quantitative estimate of drug-likeness (QED) is 0.860. The summed E-state index contributed by atoms with van der Waals surface area (Å²) in [6, 6.07) is 0.391. The normalized spacial score (nSPS) is 12.5. The van der Waals surface area contributed by atoms with Gasteiger partial charge in [0.05, 0.1) is 0 Å². The van der Waals surface area contributed by atoms with E-state index in [0.717, 1.165) is 18.8 Å². The van der Waals surface area contributed by atoms with E-state index >= 15 is 0 Å². The van der Waals surface area contributed by atoms with Gasteiger partial charge in [0.25, 0.3) is 0 Å². The van der Waals surface area contributed by atoms with Crippen molar-refractivity contribution in [3.05, 3.63) is 11.3 Å². The maximum Gasteiger partial charge on any atom is 0.153 e. The lowest BCUT2D eigenvalue weighted by Crippen LogP contribution is -2.33. The van der Waals surface area contributed by atoms with E-state index in [1.807, 2.05) is 0 Å². The zero-order valence-corrected chi connectivity index (χ0v) is 10.1. The van der Waals surface area contributed by atoms with Crippen molar-refractivity contribution in [2.75, 3.05) is 17.2 Å². The number of anilines is 2. The van der Waals surface area contributed by atoms with Crippen LogP contribution >= 0.6 is 11.6 Å². The Hall–Kier alpha value is -1.03. The first-order valence-electron chi connectivity index (χ1n) is 5.14. The lowest BCUT2D eigenvalue weighted by molar-refractivity contribution is 0.622. The van der Waals surface area contributed by atoms with Crippen LogP contribution in [0.2, 0.25) is 5.02 Å². The molecule has 0 fully saturated rings. The highest BCUT2D eigenvalue weighted by Crippen LogP contribution is 2.28. The number of nitrogens with two attached hydrogens (primary N) is 1. The van der Waals surface area contributed by atoms with Crippen molar-refractivity contribution in [2.45, 2.75) is 33.2 Å². The number of nitrogens with zero attached hydrogens (tertiary/aromatic N) is 3. The summed E-state index contributed by atoms with van der Waals surface area (Å²) in [7, 11) is 0. The molecule has 0 aliphatic rings. The minimum atomic E-state index is 0.336. The van der Waals surface area contributed by atoms with Crippen LogP contribution < -0.4 is 10.6 Å². The average molecular weight is 229 g/mol. The third-order valence-corrected chi connectivity index (χ3v) is 2.90. The molecule has 0 radical (unpaired) electrons. The highest BCUT2D eigenvalue weighted by atomic mass is 35.5. The maximum absolute atomic E-state index is 6.08. The van der Waals surface area contributed by atoms with Crippen LogP contribution in [0.1, 0.15) is 27.2 Å². The highest BCUT2D eigenvalue weighted by molar-refractivity contribution is 6.35. The molecule has 1 heterocycles. The molecule has 0 aromatic carbocycles. The number of halogens is 1. The van der Waals surface area contributed by atoms with Gasteiger partial charge in [-0.2, -0.15) is 0 Å². The fraction of sp³-hybridized carbons (Fsp3) is 0.600. The van der Waals surface area contributed by atoms with Crippen molar-refractivity contribution in [3.8, 4) is 0 Å². The Bertz CT molecular complexity index is 329. The molecule has 1 aromatic heterocycles. The van der Waals surface area contributed by atoms with E-state index in [0.29, 0.717) is 16.9 Å². The van der Waals surface area contributed by atoms with E-state index in [9.17, 15) is 0 Å². The molecule has 1 aromatic rings. The molecule has 1 rings (SSSR count). The Morgan fingerprint density at radius 2 is 2.13 bits per heavy atom. The fourth-order valence-corrected chi connectivity index (χ4v) is 1.67. The summed E-state index contributed by atoms with van der Waals surface area (Å²) in [5.41, 5.74) is 5.65. The summed E-state index contributed by atoms with van der Waals surface area (Å²) in [5, 5.41) is 0.444. The van der Waals surface area contributed by atoms with Gasteiger partial charge in [0.2, 0.25) is 0 Å². The summed E-state index contributed by atoms with van der Waals surface area (Å²) >= 11 is 6.08. The van der Waals surface area contributed by atoms with Crippen LogP contribution in [0.5, 0.6) is 0 Å². The molecule has 0 aliphatic carbocycles. The van der Waals surface area contributed by atoms with E-state index in [1.165, 1.54) is 6.33 Å². The summed E-state index contributed by atoms with van der Waals surface area (Å²) < 4.78 is 0.